The van der Waals surface area contributed by atoms with Gasteiger partial charge in [0.2, 0.25) is 5.91 Å². The van der Waals surface area contributed by atoms with Crippen molar-refractivity contribution in [2.75, 3.05) is 5.75 Å². The molecule has 2 aromatic rings. The second kappa shape index (κ2) is 6.65. The maximum Gasteiger partial charge on any atom is 0.260 e. The molecule has 2 heterocycles. The topological polar surface area (TPSA) is 74.8 Å². The molecule has 0 aliphatic heterocycles. The van der Waals surface area contributed by atoms with Crippen LogP contribution in [-0.2, 0) is 17.6 Å². The number of thioether (sulfide) groups is 1. The van der Waals surface area contributed by atoms with E-state index in [9.17, 15) is 9.59 Å². The predicted octanol–water partition coefficient (Wildman–Crippen LogP) is 2.73. The summed E-state index contributed by atoms with van der Waals surface area (Å²) in [6.07, 6.45) is 3.13. The molecule has 1 aliphatic rings. The number of carbonyl (C=O) groups is 1. The molecule has 0 unspecified atom stereocenters. The molecule has 2 N–H and O–H groups in total. The van der Waals surface area contributed by atoms with Gasteiger partial charge in [0.25, 0.3) is 5.56 Å². The number of nitrogens with one attached hydrogen (secondary N) is 2. The zero-order chi connectivity index (χ0) is 16.6. The van der Waals surface area contributed by atoms with Crippen molar-refractivity contribution in [2.24, 2.45) is 5.92 Å². The maximum atomic E-state index is 12.4. The first-order chi connectivity index (χ1) is 10.9. The number of hydrogen-bond donors (Lipinski definition) is 2. The zero-order valence-electron chi connectivity index (χ0n) is 13.6. The van der Waals surface area contributed by atoms with Crippen LogP contribution in [0.3, 0.4) is 0 Å². The molecule has 0 bridgehead atoms. The van der Waals surface area contributed by atoms with Crippen molar-refractivity contribution < 1.29 is 4.79 Å². The van der Waals surface area contributed by atoms with Gasteiger partial charge in [-0.25, -0.2) is 4.98 Å². The van der Waals surface area contributed by atoms with Crippen molar-refractivity contribution in [2.45, 2.75) is 51.2 Å². The third kappa shape index (κ3) is 3.61. The number of nitrogens with zero attached hydrogens (tertiary/aromatic N) is 1. The first-order valence-corrected chi connectivity index (χ1v) is 9.71. The van der Waals surface area contributed by atoms with E-state index in [4.69, 9.17) is 0 Å². The van der Waals surface area contributed by atoms with Crippen molar-refractivity contribution in [1.29, 1.82) is 0 Å². The van der Waals surface area contributed by atoms with E-state index >= 15 is 0 Å². The molecule has 0 aromatic carbocycles. The monoisotopic (exact) mass is 351 g/mol. The highest BCUT2D eigenvalue weighted by Gasteiger charge is 2.23. The number of carbonyl (C=O) groups excluding carboxylic acids is 1. The number of thiophene rings is 1. The van der Waals surface area contributed by atoms with Crippen LogP contribution < -0.4 is 10.9 Å². The van der Waals surface area contributed by atoms with Gasteiger partial charge in [-0.15, -0.1) is 11.3 Å². The van der Waals surface area contributed by atoms with Gasteiger partial charge in [-0.2, -0.15) is 0 Å². The lowest BCUT2D eigenvalue weighted by molar-refractivity contribution is -0.119. The average Bonchev–Trinajstić information content (AvgIpc) is 2.82. The van der Waals surface area contributed by atoms with Crippen molar-refractivity contribution in [1.82, 2.24) is 15.3 Å². The van der Waals surface area contributed by atoms with Gasteiger partial charge in [-0.3, -0.25) is 9.59 Å². The third-order valence-electron chi connectivity index (χ3n) is 3.93. The number of aryl methyl sites for hydroxylation is 1. The molecule has 0 saturated heterocycles. The van der Waals surface area contributed by atoms with Gasteiger partial charge in [-0.05, 0) is 44.6 Å². The van der Waals surface area contributed by atoms with Crippen molar-refractivity contribution >= 4 is 39.2 Å². The van der Waals surface area contributed by atoms with Crippen molar-refractivity contribution in [3.8, 4) is 0 Å². The molecule has 0 radical (unpaired) electrons. The highest BCUT2D eigenvalue weighted by atomic mass is 32.2. The molecular weight excluding hydrogens is 330 g/mol. The summed E-state index contributed by atoms with van der Waals surface area (Å²) < 4.78 is 0. The summed E-state index contributed by atoms with van der Waals surface area (Å²) in [5.41, 5.74) is 1.11. The van der Waals surface area contributed by atoms with Gasteiger partial charge < -0.3 is 10.3 Å². The standard InChI is InChI=1S/C16H21N3O2S2/c1-8(2)17-12(20)7-22-16-18-14(21)13-10-5-4-9(3)6-11(10)23-15(13)19-16/h8-9H,4-7H2,1-3H3,(H,17,20)(H,18,19,21)/t9-/m0/s1. The van der Waals surface area contributed by atoms with Crippen LogP contribution in [0.25, 0.3) is 10.2 Å². The molecule has 1 aliphatic carbocycles. The smallest absolute Gasteiger partial charge is 0.260 e. The van der Waals surface area contributed by atoms with E-state index in [1.54, 1.807) is 11.3 Å². The molecule has 1 amide bonds. The molecule has 124 valence electrons. The Labute approximate surface area is 143 Å². The summed E-state index contributed by atoms with van der Waals surface area (Å²) in [7, 11) is 0. The van der Waals surface area contributed by atoms with Crippen LogP contribution in [0.1, 0.15) is 37.6 Å². The molecule has 0 saturated carbocycles. The van der Waals surface area contributed by atoms with Crippen LogP contribution in [0.5, 0.6) is 0 Å². The lowest BCUT2D eigenvalue weighted by Gasteiger charge is -2.17. The third-order valence-corrected chi connectivity index (χ3v) is 5.95. The number of aromatic nitrogens is 2. The van der Waals surface area contributed by atoms with E-state index in [1.165, 1.54) is 22.2 Å². The van der Waals surface area contributed by atoms with Crippen LogP contribution in [-0.4, -0.2) is 27.7 Å². The summed E-state index contributed by atoms with van der Waals surface area (Å²) in [6, 6.07) is 0.114. The normalized spacial score (nSPS) is 17.5. The minimum atomic E-state index is -0.0752. The summed E-state index contributed by atoms with van der Waals surface area (Å²) in [5, 5.41) is 4.11. The molecule has 2 aromatic heterocycles. The Hall–Kier alpha value is -1.34. The first kappa shape index (κ1) is 16.5. The van der Waals surface area contributed by atoms with Gasteiger partial charge in [0.1, 0.15) is 4.83 Å². The van der Waals surface area contributed by atoms with E-state index in [2.05, 4.69) is 22.2 Å². The Morgan fingerprint density at radius 3 is 3.04 bits per heavy atom. The Morgan fingerprint density at radius 1 is 1.52 bits per heavy atom. The van der Waals surface area contributed by atoms with E-state index in [0.717, 1.165) is 29.5 Å². The van der Waals surface area contributed by atoms with E-state index in [1.807, 2.05) is 13.8 Å². The molecule has 23 heavy (non-hydrogen) atoms. The number of rotatable bonds is 4. The highest BCUT2D eigenvalue weighted by molar-refractivity contribution is 7.99. The Morgan fingerprint density at radius 2 is 2.30 bits per heavy atom. The lowest BCUT2D eigenvalue weighted by Crippen LogP contribution is -2.31. The Bertz CT molecular complexity index is 794. The maximum absolute atomic E-state index is 12.4. The fourth-order valence-corrected chi connectivity index (χ4v) is 5.01. The highest BCUT2D eigenvalue weighted by Crippen LogP contribution is 2.36. The first-order valence-electron chi connectivity index (χ1n) is 7.90. The van der Waals surface area contributed by atoms with Gasteiger partial charge in [0.05, 0.1) is 11.1 Å². The second-order valence-electron chi connectivity index (χ2n) is 6.41. The number of aromatic amines is 1. The van der Waals surface area contributed by atoms with Crippen LogP contribution in [0.4, 0.5) is 0 Å². The number of H-pyrrole nitrogens is 1. The number of amides is 1. The largest absolute Gasteiger partial charge is 0.353 e. The van der Waals surface area contributed by atoms with Crippen molar-refractivity contribution in [3.05, 3.63) is 20.8 Å². The molecule has 0 spiro atoms. The van der Waals surface area contributed by atoms with Gasteiger partial charge >= 0.3 is 0 Å². The fourth-order valence-electron chi connectivity index (χ4n) is 2.89. The zero-order valence-corrected chi connectivity index (χ0v) is 15.2. The van der Waals surface area contributed by atoms with Gasteiger partial charge in [-0.1, -0.05) is 18.7 Å². The molecule has 3 rings (SSSR count). The van der Waals surface area contributed by atoms with Gasteiger partial charge in [0.15, 0.2) is 5.16 Å². The number of fused-ring (bicyclic) bond motifs is 3. The fraction of sp³-hybridized carbons (Fsp3) is 0.562. The van der Waals surface area contributed by atoms with Crippen LogP contribution in [0.2, 0.25) is 0 Å². The van der Waals surface area contributed by atoms with Crippen LogP contribution in [0, 0.1) is 5.92 Å². The minimum Gasteiger partial charge on any atom is -0.353 e. The summed E-state index contributed by atoms with van der Waals surface area (Å²) in [4.78, 5) is 33.7. The number of hydrogen-bond acceptors (Lipinski definition) is 5. The van der Waals surface area contributed by atoms with Crippen LogP contribution in [0.15, 0.2) is 9.95 Å². The van der Waals surface area contributed by atoms with Gasteiger partial charge in [0, 0.05) is 10.9 Å². The molecular formula is C16H21N3O2S2. The van der Waals surface area contributed by atoms with E-state index in [-0.39, 0.29) is 23.3 Å². The average molecular weight is 351 g/mol. The predicted molar refractivity (Wildman–Crippen MR) is 95.4 cm³/mol. The summed E-state index contributed by atoms with van der Waals surface area (Å²) in [5.74, 6) is 0.879. The Balaban J connectivity index is 1.84. The molecule has 7 heteroatoms. The quantitative estimate of drug-likeness (QED) is 0.656. The lowest BCUT2D eigenvalue weighted by atomic mass is 9.89. The second-order valence-corrected chi connectivity index (χ2v) is 8.46. The summed E-state index contributed by atoms with van der Waals surface area (Å²) >= 11 is 2.91. The van der Waals surface area contributed by atoms with Crippen LogP contribution >= 0.6 is 23.1 Å². The van der Waals surface area contributed by atoms with Crippen molar-refractivity contribution in [3.63, 3.8) is 0 Å². The van der Waals surface area contributed by atoms with E-state index < -0.39 is 0 Å². The molecule has 5 nitrogen and oxygen atoms in total. The Kier molecular flexibility index (Phi) is 4.77. The molecule has 0 fully saturated rings. The SMILES string of the molecule is CC(C)NC(=O)CSc1nc2sc3c(c2c(=O)[nH]1)CC[C@H](C)C3. The minimum absolute atomic E-state index is 0.0490. The van der Waals surface area contributed by atoms with E-state index in [0.29, 0.717) is 11.1 Å². The molecule has 1 atom stereocenters. The summed E-state index contributed by atoms with van der Waals surface area (Å²) in [6.45, 7) is 6.09.